The molecule has 0 saturated heterocycles. The second-order valence-corrected chi connectivity index (χ2v) is 9.54. The Morgan fingerprint density at radius 1 is 1.14 bits per heavy atom. The minimum Gasteiger partial charge on any atom is -0.497 e. The molecule has 0 aliphatic heterocycles. The lowest BCUT2D eigenvalue weighted by atomic mass is 9.97. The molecule has 0 spiro atoms. The van der Waals surface area contributed by atoms with E-state index in [-0.39, 0.29) is 18.0 Å². The molecule has 1 amide bonds. The zero-order valence-electron chi connectivity index (χ0n) is 20.9. The first-order valence-corrected chi connectivity index (χ1v) is 12.6. The van der Waals surface area contributed by atoms with E-state index in [0.29, 0.717) is 24.1 Å². The highest BCUT2D eigenvalue weighted by Gasteiger charge is 2.19. The van der Waals surface area contributed by atoms with Crippen LogP contribution in [0.25, 0.3) is 21.9 Å². The maximum atomic E-state index is 13.7. The van der Waals surface area contributed by atoms with Gasteiger partial charge in [-0.25, -0.2) is 4.98 Å². The average Bonchev–Trinajstić information content (AvgIpc) is 3.19. The van der Waals surface area contributed by atoms with E-state index in [9.17, 15) is 9.59 Å². The summed E-state index contributed by atoms with van der Waals surface area (Å²) in [5.74, 6) is 0.664. The highest BCUT2D eigenvalue weighted by molar-refractivity contribution is 6.06. The van der Waals surface area contributed by atoms with Gasteiger partial charge in [0.1, 0.15) is 23.3 Å². The number of hydrogen-bond acceptors (Lipinski definition) is 4. The van der Waals surface area contributed by atoms with Gasteiger partial charge < -0.3 is 14.6 Å². The smallest absolute Gasteiger partial charge is 0.278 e. The molecule has 0 radical (unpaired) electrons. The summed E-state index contributed by atoms with van der Waals surface area (Å²) in [6.45, 7) is 3.08. The number of nitrogens with one attached hydrogen (secondary N) is 1. The molecule has 5 rings (SSSR count). The van der Waals surface area contributed by atoms with Gasteiger partial charge in [0.15, 0.2) is 0 Å². The molecule has 186 valence electrons. The van der Waals surface area contributed by atoms with Crippen molar-refractivity contribution in [2.45, 2.75) is 52.1 Å². The number of fused-ring (bicyclic) bond motifs is 3. The Bertz CT molecular complexity index is 1500. The summed E-state index contributed by atoms with van der Waals surface area (Å²) in [6.07, 6.45) is 9.54. The molecule has 0 saturated carbocycles. The Morgan fingerprint density at radius 3 is 2.72 bits per heavy atom. The number of carbonyl (C=O) groups excluding carboxylic acids is 1. The van der Waals surface area contributed by atoms with Gasteiger partial charge in [-0.05, 0) is 68.9 Å². The zero-order chi connectivity index (χ0) is 25.1. The van der Waals surface area contributed by atoms with Crippen LogP contribution in [0, 0.1) is 6.92 Å². The summed E-state index contributed by atoms with van der Waals surface area (Å²) in [7, 11) is 1.63. The van der Waals surface area contributed by atoms with Crippen LogP contribution in [-0.4, -0.2) is 33.7 Å². The van der Waals surface area contributed by atoms with Crippen molar-refractivity contribution in [3.8, 4) is 5.75 Å². The number of allylic oxidation sites excluding steroid dienone is 1. The molecule has 2 aromatic carbocycles. The molecule has 7 nitrogen and oxygen atoms in total. The van der Waals surface area contributed by atoms with E-state index < -0.39 is 0 Å². The van der Waals surface area contributed by atoms with Crippen LogP contribution in [-0.2, 0) is 17.9 Å². The molecule has 1 aliphatic rings. The van der Waals surface area contributed by atoms with Gasteiger partial charge in [-0.3, -0.25) is 14.2 Å². The van der Waals surface area contributed by atoms with Gasteiger partial charge in [0.2, 0.25) is 5.91 Å². The van der Waals surface area contributed by atoms with Crippen LogP contribution in [0.1, 0.15) is 43.2 Å². The van der Waals surface area contributed by atoms with Crippen LogP contribution in [0.3, 0.4) is 0 Å². The van der Waals surface area contributed by atoms with Crippen LogP contribution in [0.2, 0.25) is 0 Å². The highest BCUT2D eigenvalue weighted by Crippen LogP contribution is 2.26. The fourth-order valence-electron chi connectivity index (χ4n) is 5.01. The first-order valence-electron chi connectivity index (χ1n) is 12.6. The van der Waals surface area contributed by atoms with Gasteiger partial charge in [0.25, 0.3) is 5.56 Å². The van der Waals surface area contributed by atoms with Crippen LogP contribution in [0.5, 0.6) is 5.75 Å². The van der Waals surface area contributed by atoms with Crippen LogP contribution >= 0.6 is 0 Å². The predicted octanol–water partition coefficient (Wildman–Crippen LogP) is 4.72. The zero-order valence-corrected chi connectivity index (χ0v) is 20.9. The van der Waals surface area contributed by atoms with Gasteiger partial charge in [0, 0.05) is 11.9 Å². The number of nitrogens with zero attached hydrogens (tertiary/aromatic N) is 3. The number of aryl methyl sites for hydroxylation is 1. The summed E-state index contributed by atoms with van der Waals surface area (Å²) in [4.78, 5) is 31.3. The average molecular weight is 485 g/mol. The van der Waals surface area contributed by atoms with Gasteiger partial charge in [-0.1, -0.05) is 35.4 Å². The van der Waals surface area contributed by atoms with E-state index in [4.69, 9.17) is 4.74 Å². The molecule has 36 heavy (non-hydrogen) atoms. The van der Waals surface area contributed by atoms with E-state index in [2.05, 4.69) is 16.4 Å². The molecule has 0 atom stereocenters. The third-order valence-corrected chi connectivity index (χ3v) is 6.95. The molecule has 4 aromatic rings. The number of aromatic nitrogens is 3. The molecule has 2 heterocycles. The minimum absolute atomic E-state index is 0.0750. The van der Waals surface area contributed by atoms with Gasteiger partial charge >= 0.3 is 0 Å². The van der Waals surface area contributed by atoms with Gasteiger partial charge in [-0.15, -0.1) is 0 Å². The van der Waals surface area contributed by atoms with Crippen molar-refractivity contribution in [2.24, 2.45) is 0 Å². The van der Waals surface area contributed by atoms with Crippen LogP contribution in [0.15, 0.2) is 65.2 Å². The number of carbonyl (C=O) groups is 1. The second-order valence-electron chi connectivity index (χ2n) is 9.54. The lowest BCUT2D eigenvalue weighted by Gasteiger charge is -2.13. The van der Waals surface area contributed by atoms with Crippen molar-refractivity contribution in [1.29, 1.82) is 0 Å². The molecule has 1 N–H and O–H groups in total. The summed E-state index contributed by atoms with van der Waals surface area (Å²) >= 11 is 0. The topological polar surface area (TPSA) is 78.2 Å². The summed E-state index contributed by atoms with van der Waals surface area (Å²) in [5.41, 5.74) is 5.24. The Morgan fingerprint density at radius 2 is 1.97 bits per heavy atom. The molecule has 0 unspecified atom stereocenters. The van der Waals surface area contributed by atoms with Crippen LogP contribution in [0.4, 0.5) is 0 Å². The van der Waals surface area contributed by atoms with Crippen molar-refractivity contribution < 1.29 is 9.53 Å². The van der Waals surface area contributed by atoms with Crippen molar-refractivity contribution in [1.82, 2.24) is 19.4 Å². The van der Waals surface area contributed by atoms with E-state index >= 15 is 0 Å². The second kappa shape index (κ2) is 10.4. The monoisotopic (exact) mass is 484 g/mol. The Hall–Kier alpha value is -3.87. The fourth-order valence-corrected chi connectivity index (χ4v) is 5.01. The molecule has 1 aliphatic carbocycles. The highest BCUT2D eigenvalue weighted by atomic mass is 16.5. The van der Waals surface area contributed by atoms with Gasteiger partial charge in [0.05, 0.1) is 25.5 Å². The Kier molecular flexibility index (Phi) is 6.89. The molecular formula is C29H32N4O3. The van der Waals surface area contributed by atoms with Crippen molar-refractivity contribution >= 4 is 27.8 Å². The molecule has 0 bridgehead atoms. The standard InChI is InChI=1S/C29H32N4O3/c1-20-8-13-25-24(16-20)27-28(33(25)18-26(34)30-15-14-21-6-4-3-5-7-21)29(35)32(19-31-27)17-22-9-11-23(36-2)12-10-22/h6,8-13,16,19H,3-5,7,14-15,17-18H2,1-2H3,(H,30,34). The van der Waals surface area contributed by atoms with E-state index in [0.717, 1.165) is 47.0 Å². The number of rotatable bonds is 8. The van der Waals surface area contributed by atoms with Crippen molar-refractivity contribution in [3.63, 3.8) is 0 Å². The third kappa shape index (κ3) is 4.91. The number of amides is 1. The summed E-state index contributed by atoms with van der Waals surface area (Å²) in [5, 5.41) is 3.94. The molecule has 0 fully saturated rings. The third-order valence-electron chi connectivity index (χ3n) is 6.95. The Labute approximate surface area is 210 Å². The Balaban J connectivity index is 1.45. The lowest BCUT2D eigenvalue weighted by Crippen LogP contribution is -2.30. The number of ether oxygens (including phenoxy) is 1. The lowest BCUT2D eigenvalue weighted by molar-refractivity contribution is -0.121. The minimum atomic E-state index is -0.162. The first kappa shape index (κ1) is 23.9. The largest absolute Gasteiger partial charge is 0.497 e. The molecular weight excluding hydrogens is 452 g/mol. The van der Waals surface area contributed by atoms with Gasteiger partial charge in [-0.2, -0.15) is 0 Å². The van der Waals surface area contributed by atoms with Crippen LogP contribution < -0.4 is 15.6 Å². The maximum absolute atomic E-state index is 13.7. The number of methoxy groups -OCH3 is 1. The van der Waals surface area contributed by atoms with Crippen molar-refractivity contribution in [3.05, 3.63) is 81.9 Å². The maximum Gasteiger partial charge on any atom is 0.278 e. The molecule has 7 heteroatoms. The van der Waals surface area contributed by atoms with E-state index in [1.54, 1.807) is 18.0 Å². The first-order chi connectivity index (χ1) is 17.5. The van der Waals surface area contributed by atoms with Crippen molar-refractivity contribution in [2.75, 3.05) is 13.7 Å². The summed E-state index contributed by atoms with van der Waals surface area (Å²) in [6, 6.07) is 13.6. The quantitative estimate of drug-likeness (QED) is 0.367. The van der Waals surface area contributed by atoms with E-state index in [1.165, 1.54) is 18.4 Å². The predicted molar refractivity (Wildman–Crippen MR) is 143 cm³/mol. The fraction of sp³-hybridized carbons (Fsp3) is 0.345. The molecule has 2 aromatic heterocycles. The normalized spacial score (nSPS) is 13.7. The van der Waals surface area contributed by atoms with E-state index in [1.807, 2.05) is 54.0 Å². The summed E-state index contributed by atoms with van der Waals surface area (Å²) < 4.78 is 8.65. The SMILES string of the molecule is COc1ccc(Cn2cnc3c4cc(C)ccc4n(CC(=O)NCCC4=CCCCC4)c3c2=O)cc1. The number of benzene rings is 2. The number of hydrogen-bond donors (Lipinski definition) is 1.